The molecule has 2 aromatic rings. The molecule has 1 aliphatic heterocycles. The maximum absolute atomic E-state index is 13.7. The molecule has 0 amide bonds. The van der Waals surface area contributed by atoms with Gasteiger partial charge in [0.25, 0.3) is 10.0 Å². The maximum Gasteiger partial charge on any atom is 0.285 e. The SMILES string of the molecule is CN(/N=C/c1ccc(F)c(N(C)C)c1)C1=NS(=O)(=O)c2ccccc21. The Morgan fingerprint density at radius 1 is 1.12 bits per heavy atom. The summed E-state index contributed by atoms with van der Waals surface area (Å²) in [6, 6.07) is 11.2. The molecule has 0 saturated carbocycles. The number of benzene rings is 2. The third-order valence-corrected chi connectivity index (χ3v) is 5.08. The minimum absolute atomic E-state index is 0.170. The molecule has 1 aliphatic rings. The van der Waals surface area contributed by atoms with Gasteiger partial charge in [-0.2, -0.15) is 13.5 Å². The minimum Gasteiger partial charge on any atom is -0.375 e. The van der Waals surface area contributed by atoms with Crippen LogP contribution in [0.3, 0.4) is 0 Å². The van der Waals surface area contributed by atoms with E-state index in [4.69, 9.17) is 0 Å². The summed E-state index contributed by atoms with van der Waals surface area (Å²) in [6.45, 7) is 0. The Balaban J connectivity index is 1.90. The average molecular weight is 360 g/mol. The monoisotopic (exact) mass is 360 g/mol. The number of fused-ring (bicyclic) bond motifs is 1. The lowest BCUT2D eigenvalue weighted by Crippen LogP contribution is -2.21. The Morgan fingerprint density at radius 2 is 1.84 bits per heavy atom. The summed E-state index contributed by atoms with van der Waals surface area (Å²) >= 11 is 0. The quantitative estimate of drug-likeness (QED) is 0.622. The number of nitrogens with zero attached hydrogens (tertiary/aromatic N) is 4. The predicted octanol–water partition coefficient (Wildman–Crippen LogP) is 2.31. The Hall–Kier alpha value is -2.74. The smallest absolute Gasteiger partial charge is 0.285 e. The third kappa shape index (κ3) is 3.25. The van der Waals surface area contributed by atoms with E-state index >= 15 is 0 Å². The second-order valence-electron chi connectivity index (χ2n) is 5.76. The van der Waals surface area contributed by atoms with Gasteiger partial charge in [0.1, 0.15) is 10.7 Å². The first-order valence-electron chi connectivity index (χ1n) is 7.48. The molecular weight excluding hydrogens is 343 g/mol. The van der Waals surface area contributed by atoms with Crippen LogP contribution in [0.1, 0.15) is 11.1 Å². The van der Waals surface area contributed by atoms with Crippen molar-refractivity contribution in [1.29, 1.82) is 0 Å². The second kappa shape index (κ2) is 6.29. The highest BCUT2D eigenvalue weighted by Crippen LogP contribution is 2.27. The number of sulfonamides is 1. The van der Waals surface area contributed by atoms with Crippen molar-refractivity contribution >= 4 is 27.8 Å². The average Bonchev–Trinajstić information content (AvgIpc) is 2.85. The number of hydrazone groups is 1. The van der Waals surface area contributed by atoms with Crippen molar-refractivity contribution < 1.29 is 12.8 Å². The van der Waals surface area contributed by atoms with Crippen molar-refractivity contribution in [1.82, 2.24) is 5.01 Å². The highest BCUT2D eigenvalue weighted by molar-refractivity contribution is 7.90. The number of hydrogen-bond donors (Lipinski definition) is 0. The molecule has 6 nitrogen and oxygen atoms in total. The van der Waals surface area contributed by atoms with Crippen LogP contribution >= 0.6 is 0 Å². The van der Waals surface area contributed by atoms with Gasteiger partial charge in [-0.25, -0.2) is 9.40 Å². The summed E-state index contributed by atoms with van der Waals surface area (Å²) in [7, 11) is 1.43. The summed E-state index contributed by atoms with van der Waals surface area (Å²) in [4.78, 5) is 1.84. The van der Waals surface area contributed by atoms with Gasteiger partial charge in [-0.1, -0.05) is 18.2 Å². The maximum atomic E-state index is 13.7. The van der Waals surface area contributed by atoms with E-state index in [1.54, 1.807) is 56.4 Å². The van der Waals surface area contributed by atoms with Crippen LogP contribution in [0.25, 0.3) is 0 Å². The lowest BCUT2D eigenvalue weighted by molar-refractivity contribution is 0.549. The first-order valence-corrected chi connectivity index (χ1v) is 8.92. The number of rotatable bonds is 3. The number of amidine groups is 1. The van der Waals surface area contributed by atoms with E-state index in [0.29, 0.717) is 16.8 Å². The first kappa shape index (κ1) is 17.1. The predicted molar refractivity (Wildman–Crippen MR) is 96.2 cm³/mol. The van der Waals surface area contributed by atoms with E-state index < -0.39 is 10.0 Å². The fraction of sp³-hybridized carbons (Fsp3) is 0.176. The fourth-order valence-corrected chi connectivity index (χ4v) is 3.71. The molecule has 0 unspecified atom stereocenters. The van der Waals surface area contributed by atoms with Crippen LogP contribution in [0, 0.1) is 5.82 Å². The molecule has 0 radical (unpaired) electrons. The Morgan fingerprint density at radius 3 is 2.56 bits per heavy atom. The van der Waals surface area contributed by atoms with Gasteiger partial charge in [-0.3, -0.25) is 0 Å². The molecule has 25 heavy (non-hydrogen) atoms. The highest BCUT2D eigenvalue weighted by Gasteiger charge is 2.30. The van der Waals surface area contributed by atoms with Crippen LogP contribution < -0.4 is 4.90 Å². The Bertz CT molecular complexity index is 984. The lowest BCUT2D eigenvalue weighted by Gasteiger charge is -2.14. The van der Waals surface area contributed by atoms with E-state index in [2.05, 4.69) is 9.50 Å². The first-order chi connectivity index (χ1) is 11.8. The van der Waals surface area contributed by atoms with E-state index in [0.717, 1.165) is 0 Å². The van der Waals surface area contributed by atoms with E-state index in [-0.39, 0.29) is 16.5 Å². The van der Waals surface area contributed by atoms with Gasteiger partial charge < -0.3 is 4.90 Å². The molecule has 0 fully saturated rings. The van der Waals surface area contributed by atoms with Gasteiger partial charge in [0, 0.05) is 26.7 Å². The zero-order chi connectivity index (χ0) is 18.2. The van der Waals surface area contributed by atoms with Gasteiger partial charge >= 0.3 is 0 Å². The van der Waals surface area contributed by atoms with Crippen LogP contribution in [-0.2, 0) is 10.0 Å². The molecule has 0 bridgehead atoms. The standard InChI is InChI=1S/C17H17FN4O2S/c1-21(2)15-10-12(8-9-14(15)18)11-19-22(3)17-13-6-4-5-7-16(13)25(23,24)20-17/h4-11H,1-3H3/b19-11+. The number of halogens is 1. The summed E-state index contributed by atoms with van der Waals surface area (Å²) < 4.78 is 41.7. The number of hydrogen-bond acceptors (Lipinski definition) is 5. The molecule has 0 spiro atoms. The van der Waals surface area contributed by atoms with Crippen LogP contribution in [0.15, 0.2) is 56.9 Å². The molecule has 3 rings (SSSR count). The van der Waals surface area contributed by atoms with Gasteiger partial charge in [-0.05, 0) is 29.8 Å². The summed E-state index contributed by atoms with van der Waals surface area (Å²) in [5.41, 5.74) is 1.64. The van der Waals surface area contributed by atoms with E-state index in [1.807, 2.05) is 0 Å². The van der Waals surface area contributed by atoms with E-state index in [9.17, 15) is 12.8 Å². The Kier molecular flexibility index (Phi) is 4.30. The summed E-state index contributed by atoms with van der Waals surface area (Å²) in [5, 5.41) is 5.63. The Labute approximate surface area is 146 Å². The molecule has 1 heterocycles. The van der Waals surface area contributed by atoms with Crippen molar-refractivity contribution in [2.24, 2.45) is 9.50 Å². The van der Waals surface area contributed by atoms with Crippen LogP contribution in [0.4, 0.5) is 10.1 Å². The second-order valence-corrected chi connectivity index (χ2v) is 7.33. The molecule has 0 aliphatic carbocycles. The molecule has 0 N–H and O–H groups in total. The third-order valence-electron chi connectivity index (χ3n) is 3.75. The minimum atomic E-state index is -3.69. The summed E-state index contributed by atoms with van der Waals surface area (Å²) in [5.74, 6) is -0.0718. The molecule has 0 atom stereocenters. The number of anilines is 1. The fourth-order valence-electron chi connectivity index (χ4n) is 2.48. The van der Waals surface area contributed by atoms with Gasteiger partial charge in [0.15, 0.2) is 5.84 Å². The van der Waals surface area contributed by atoms with E-state index in [1.165, 1.54) is 23.4 Å². The van der Waals surface area contributed by atoms with Gasteiger partial charge in [0.05, 0.1) is 11.9 Å². The topological polar surface area (TPSA) is 65.3 Å². The van der Waals surface area contributed by atoms with Crippen LogP contribution in [-0.4, -0.2) is 46.6 Å². The normalized spacial score (nSPS) is 15.1. The zero-order valence-electron chi connectivity index (χ0n) is 14.0. The van der Waals surface area contributed by atoms with Gasteiger partial charge in [0.2, 0.25) is 0 Å². The highest BCUT2D eigenvalue weighted by atomic mass is 32.2. The van der Waals surface area contributed by atoms with Crippen molar-refractivity contribution in [3.05, 3.63) is 59.4 Å². The molecule has 8 heteroatoms. The zero-order valence-corrected chi connectivity index (χ0v) is 14.8. The van der Waals surface area contributed by atoms with Crippen LogP contribution in [0.2, 0.25) is 0 Å². The lowest BCUT2D eigenvalue weighted by atomic mass is 10.2. The molecular formula is C17H17FN4O2S. The van der Waals surface area contributed by atoms with Crippen LogP contribution in [0.5, 0.6) is 0 Å². The largest absolute Gasteiger partial charge is 0.375 e. The molecule has 2 aromatic carbocycles. The molecule has 0 aromatic heterocycles. The van der Waals surface area contributed by atoms with Crippen molar-refractivity contribution in [2.45, 2.75) is 4.90 Å². The van der Waals surface area contributed by atoms with Gasteiger partial charge in [-0.15, -0.1) is 4.40 Å². The van der Waals surface area contributed by atoms with Crippen molar-refractivity contribution in [2.75, 3.05) is 26.0 Å². The van der Waals surface area contributed by atoms with Crippen molar-refractivity contribution in [3.8, 4) is 0 Å². The van der Waals surface area contributed by atoms with Crippen molar-refractivity contribution in [3.63, 3.8) is 0 Å². The molecule has 130 valence electrons. The summed E-state index contributed by atoms with van der Waals surface area (Å²) in [6.07, 6.45) is 1.53. The molecule has 0 saturated heterocycles.